The van der Waals surface area contributed by atoms with Gasteiger partial charge in [0, 0.05) is 6.42 Å². The van der Waals surface area contributed by atoms with Gasteiger partial charge in [-0.1, -0.05) is 29.8 Å². The van der Waals surface area contributed by atoms with E-state index in [1.165, 1.54) is 0 Å². The van der Waals surface area contributed by atoms with Crippen LogP contribution in [0.5, 0.6) is 17.2 Å². The molecule has 1 amide bonds. The van der Waals surface area contributed by atoms with Crippen molar-refractivity contribution < 1.29 is 19.0 Å². The molecule has 7 nitrogen and oxygen atoms in total. The van der Waals surface area contributed by atoms with Crippen molar-refractivity contribution >= 4 is 11.9 Å². The van der Waals surface area contributed by atoms with Gasteiger partial charge in [-0.05, 0) is 30.2 Å². The number of aliphatic imine (C=N–C) groups is 1. The van der Waals surface area contributed by atoms with Gasteiger partial charge in [0.25, 0.3) is 5.91 Å². The predicted octanol–water partition coefficient (Wildman–Crippen LogP) is 1.90. The van der Waals surface area contributed by atoms with Crippen molar-refractivity contribution in [2.45, 2.75) is 18.9 Å². The van der Waals surface area contributed by atoms with Crippen molar-refractivity contribution in [3.05, 3.63) is 53.1 Å². The number of nitrogens with zero attached hydrogens (tertiary/aromatic N) is 1. The standard InChI is InChI=1S/C20H23N3O4/c1-12-5-7-14(8-6-12)20(18(24)22-19(21)23-20)11-13-9-15(25-2)17(27-4)16(10-13)26-3/h5-10H,11H2,1-4H3,(H3,21,22,23,24)/t20-/m0/s1. The zero-order chi connectivity index (χ0) is 19.6. The minimum atomic E-state index is -1.15. The first kappa shape index (κ1) is 18.6. The van der Waals surface area contributed by atoms with E-state index in [1.807, 2.05) is 43.3 Å². The molecule has 1 aliphatic rings. The molecule has 2 aromatic carbocycles. The van der Waals surface area contributed by atoms with Crippen molar-refractivity contribution in [2.75, 3.05) is 21.3 Å². The van der Waals surface area contributed by atoms with Crippen molar-refractivity contribution in [3.63, 3.8) is 0 Å². The predicted molar refractivity (Wildman–Crippen MR) is 102 cm³/mol. The van der Waals surface area contributed by atoms with E-state index in [0.717, 1.165) is 16.7 Å². The van der Waals surface area contributed by atoms with Crippen LogP contribution in [0.3, 0.4) is 0 Å². The lowest BCUT2D eigenvalue weighted by Gasteiger charge is -2.25. The van der Waals surface area contributed by atoms with Crippen molar-refractivity contribution in [3.8, 4) is 17.2 Å². The second-order valence-corrected chi connectivity index (χ2v) is 6.39. The number of methoxy groups -OCH3 is 3. The maximum Gasteiger partial charge on any atom is 0.259 e. The van der Waals surface area contributed by atoms with Gasteiger partial charge in [-0.15, -0.1) is 0 Å². The average molecular weight is 369 g/mol. The molecule has 0 aliphatic carbocycles. The monoisotopic (exact) mass is 369 g/mol. The van der Waals surface area contributed by atoms with E-state index in [4.69, 9.17) is 19.9 Å². The van der Waals surface area contributed by atoms with Gasteiger partial charge in [0.15, 0.2) is 23.0 Å². The number of carbonyl (C=O) groups is 1. The summed E-state index contributed by atoms with van der Waals surface area (Å²) in [5.74, 6) is 1.36. The fourth-order valence-electron chi connectivity index (χ4n) is 3.28. The number of nitrogens with two attached hydrogens (primary N) is 1. The molecule has 27 heavy (non-hydrogen) atoms. The van der Waals surface area contributed by atoms with Crippen LogP contribution in [0, 0.1) is 6.92 Å². The fraction of sp³-hybridized carbons (Fsp3) is 0.300. The molecule has 2 aromatic rings. The molecular formula is C20H23N3O4. The lowest BCUT2D eigenvalue weighted by Crippen LogP contribution is -2.40. The Balaban J connectivity index is 2.11. The number of aryl methyl sites for hydroxylation is 1. The lowest BCUT2D eigenvalue weighted by molar-refractivity contribution is -0.124. The number of hydrogen-bond donors (Lipinski definition) is 2. The molecule has 3 N–H and O–H groups in total. The molecule has 0 spiro atoms. The summed E-state index contributed by atoms with van der Waals surface area (Å²) in [6.07, 6.45) is 0.291. The van der Waals surface area contributed by atoms with Crippen molar-refractivity contribution in [1.29, 1.82) is 0 Å². The molecule has 7 heteroatoms. The molecule has 0 aromatic heterocycles. The van der Waals surface area contributed by atoms with Crippen molar-refractivity contribution in [1.82, 2.24) is 5.32 Å². The maximum atomic E-state index is 12.8. The fourth-order valence-corrected chi connectivity index (χ4v) is 3.28. The number of benzene rings is 2. The Labute approximate surface area is 158 Å². The quantitative estimate of drug-likeness (QED) is 0.811. The topological polar surface area (TPSA) is 95.2 Å². The van der Waals surface area contributed by atoms with Gasteiger partial charge in [0.2, 0.25) is 5.75 Å². The highest BCUT2D eigenvalue weighted by atomic mass is 16.5. The summed E-state index contributed by atoms with van der Waals surface area (Å²) in [6, 6.07) is 11.3. The molecule has 0 unspecified atom stereocenters. The molecule has 0 fully saturated rings. The van der Waals surface area contributed by atoms with E-state index < -0.39 is 5.54 Å². The van der Waals surface area contributed by atoms with Crippen LogP contribution in [0.1, 0.15) is 16.7 Å². The summed E-state index contributed by atoms with van der Waals surface area (Å²) in [4.78, 5) is 17.3. The Bertz CT molecular complexity index is 868. The first-order valence-electron chi connectivity index (χ1n) is 8.46. The molecule has 1 aliphatic heterocycles. The molecule has 1 heterocycles. The third-order valence-corrected chi connectivity index (χ3v) is 4.64. The zero-order valence-electron chi connectivity index (χ0n) is 15.8. The molecule has 1 atom stereocenters. The van der Waals surface area contributed by atoms with Crippen LogP contribution in [-0.2, 0) is 16.8 Å². The Hall–Kier alpha value is -3.22. The first-order valence-corrected chi connectivity index (χ1v) is 8.46. The summed E-state index contributed by atoms with van der Waals surface area (Å²) in [5.41, 5.74) is 7.34. The number of ether oxygens (including phenoxy) is 3. The van der Waals surface area contributed by atoms with Crippen molar-refractivity contribution in [2.24, 2.45) is 10.7 Å². The van der Waals surface area contributed by atoms with E-state index in [9.17, 15) is 4.79 Å². The third-order valence-electron chi connectivity index (χ3n) is 4.64. The summed E-state index contributed by atoms with van der Waals surface area (Å²) < 4.78 is 16.2. The van der Waals surface area contributed by atoms with E-state index in [2.05, 4.69) is 10.3 Å². The minimum Gasteiger partial charge on any atom is -0.493 e. The molecular weight excluding hydrogens is 346 g/mol. The van der Waals surface area contributed by atoms with Crippen LogP contribution in [0.4, 0.5) is 0 Å². The van der Waals surface area contributed by atoms with E-state index in [0.29, 0.717) is 23.7 Å². The highest BCUT2D eigenvalue weighted by Gasteiger charge is 2.45. The van der Waals surface area contributed by atoms with Gasteiger partial charge in [-0.2, -0.15) is 0 Å². The maximum absolute atomic E-state index is 12.8. The Morgan fingerprint density at radius 1 is 1.04 bits per heavy atom. The van der Waals surface area contributed by atoms with E-state index >= 15 is 0 Å². The Kier molecular flexibility index (Phi) is 4.94. The average Bonchev–Trinajstić information content (AvgIpc) is 2.95. The molecule has 0 bridgehead atoms. The lowest BCUT2D eigenvalue weighted by atomic mass is 9.83. The summed E-state index contributed by atoms with van der Waals surface area (Å²) >= 11 is 0. The minimum absolute atomic E-state index is 0.105. The normalized spacial score (nSPS) is 18.7. The molecule has 142 valence electrons. The van der Waals surface area contributed by atoms with Crippen LogP contribution in [0.15, 0.2) is 41.4 Å². The number of guanidine groups is 1. The second kappa shape index (κ2) is 7.19. The summed E-state index contributed by atoms with van der Waals surface area (Å²) in [6.45, 7) is 1.99. The van der Waals surface area contributed by atoms with Crippen LogP contribution in [0.2, 0.25) is 0 Å². The number of hydrogen-bond acceptors (Lipinski definition) is 6. The largest absolute Gasteiger partial charge is 0.493 e. The van der Waals surface area contributed by atoms with Gasteiger partial charge in [-0.3, -0.25) is 10.1 Å². The highest BCUT2D eigenvalue weighted by molar-refractivity contribution is 6.07. The molecule has 0 radical (unpaired) electrons. The van der Waals surface area contributed by atoms with Crippen LogP contribution in [0.25, 0.3) is 0 Å². The smallest absolute Gasteiger partial charge is 0.259 e. The van der Waals surface area contributed by atoms with Gasteiger partial charge >= 0.3 is 0 Å². The van der Waals surface area contributed by atoms with Crippen LogP contribution >= 0.6 is 0 Å². The van der Waals surface area contributed by atoms with Gasteiger partial charge in [0.1, 0.15) is 0 Å². The molecule has 0 saturated carbocycles. The van der Waals surface area contributed by atoms with E-state index in [-0.39, 0.29) is 11.9 Å². The van der Waals surface area contributed by atoms with Gasteiger partial charge in [-0.25, -0.2) is 4.99 Å². The number of nitrogens with one attached hydrogen (secondary N) is 1. The van der Waals surface area contributed by atoms with Gasteiger partial charge < -0.3 is 19.9 Å². The zero-order valence-corrected chi connectivity index (χ0v) is 15.8. The van der Waals surface area contributed by atoms with Gasteiger partial charge in [0.05, 0.1) is 21.3 Å². The molecule has 3 rings (SSSR count). The second-order valence-electron chi connectivity index (χ2n) is 6.39. The number of amides is 1. The Morgan fingerprint density at radius 2 is 1.63 bits per heavy atom. The summed E-state index contributed by atoms with van der Waals surface area (Å²) in [5, 5.41) is 2.62. The SMILES string of the molecule is COc1cc(C[C@@]2(c3ccc(C)cc3)N=C(N)NC2=O)cc(OC)c1OC. The Morgan fingerprint density at radius 3 is 2.07 bits per heavy atom. The molecule has 0 saturated heterocycles. The van der Waals surface area contributed by atoms with Crippen LogP contribution < -0.4 is 25.3 Å². The number of rotatable bonds is 6. The third kappa shape index (κ3) is 3.28. The highest BCUT2D eigenvalue weighted by Crippen LogP contribution is 2.41. The first-order chi connectivity index (χ1) is 12.9. The summed E-state index contributed by atoms with van der Waals surface area (Å²) in [7, 11) is 4.65. The van der Waals surface area contributed by atoms with Crippen LogP contribution in [-0.4, -0.2) is 33.2 Å². The number of carbonyl (C=O) groups excluding carboxylic acids is 1. The van der Waals surface area contributed by atoms with E-state index in [1.54, 1.807) is 21.3 Å².